The van der Waals surface area contributed by atoms with Crippen LogP contribution in [0.3, 0.4) is 0 Å². The Morgan fingerprint density at radius 1 is 1.21 bits per heavy atom. The summed E-state index contributed by atoms with van der Waals surface area (Å²) >= 11 is 0. The average Bonchev–Trinajstić information content (AvgIpc) is 3.08. The van der Waals surface area contributed by atoms with E-state index in [1.165, 1.54) is 12.8 Å². The highest BCUT2D eigenvalue weighted by molar-refractivity contribution is 5.94. The molecule has 2 heterocycles. The maximum Gasteiger partial charge on any atom is 0.254 e. The number of hydrogen-bond acceptors (Lipinski definition) is 3. The van der Waals surface area contributed by atoms with Crippen molar-refractivity contribution in [3.05, 3.63) is 48.3 Å². The molecule has 126 valence electrons. The average molecular weight is 325 g/mol. The van der Waals surface area contributed by atoms with Crippen molar-refractivity contribution in [3.8, 4) is 5.75 Å². The number of likely N-dealkylation sites (tertiary alicyclic amines) is 1. The molecule has 1 saturated carbocycles. The van der Waals surface area contributed by atoms with Crippen LogP contribution in [0.2, 0.25) is 0 Å². The monoisotopic (exact) mass is 325 g/mol. The first-order valence-corrected chi connectivity index (χ1v) is 8.81. The van der Waals surface area contributed by atoms with E-state index in [2.05, 4.69) is 5.10 Å². The maximum atomic E-state index is 12.8. The molecule has 0 bridgehead atoms. The highest BCUT2D eigenvalue weighted by atomic mass is 16.5. The highest BCUT2D eigenvalue weighted by Gasteiger charge is 2.29. The molecule has 1 aliphatic carbocycles. The Labute approximate surface area is 142 Å². The van der Waals surface area contributed by atoms with Crippen LogP contribution in [0, 0.1) is 5.92 Å². The molecule has 1 aliphatic heterocycles. The van der Waals surface area contributed by atoms with Crippen molar-refractivity contribution in [1.82, 2.24) is 14.7 Å². The molecule has 4 rings (SSSR count). The lowest BCUT2D eigenvalue weighted by molar-refractivity contribution is 0.0721. The molecular weight excluding hydrogens is 302 g/mol. The van der Waals surface area contributed by atoms with E-state index in [4.69, 9.17) is 4.74 Å². The van der Waals surface area contributed by atoms with Gasteiger partial charge in [-0.25, -0.2) is 0 Å². The minimum atomic E-state index is 0.110. The minimum absolute atomic E-state index is 0.110. The van der Waals surface area contributed by atoms with Crippen molar-refractivity contribution in [3.63, 3.8) is 0 Å². The van der Waals surface area contributed by atoms with Crippen LogP contribution in [0.4, 0.5) is 0 Å². The van der Waals surface area contributed by atoms with E-state index in [9.17, 15) is 4.79 Å². The molecular formula is C19H23N3O2. The Morgan fingerprint density at radius 3 is 2.75 bits per heavy atom. The summed E-state index contributed by atoms with van der Waals surface area (Å²) in [6, 6.07) is 9.73. The Bertz CT molecular complexity index is 677. The fraction of sp³-hybridized carbons (Fsp3) is 0.474. The van der Waals surface area contributed by atoms with Gasteiger partial charge in [-0.1, -0.05) is 0 Å². The third kappa shape index (κ3) is 3.45. The van der Waals surface area contributed by atoms with Crippen molar-refractivity contribution in [2.75, 3.05) is 13.2 Å². The first-order valence-electron chi connectivity index (χ1n) is 8.81. The molecule has 1 aromatic carbocycles. The fourth-order valence-electron chi connectivity index (χ4n) is 3.28. The zero-order valence-electron chi connectivity index (χ0n) is 13.8. The van der Waals surface area contributed by atoms with Crippen LogP contribution < -0.4 is 4.74 Å². The Hall–Kier alpha value is -2.30. The normalized spacial score (nSPS) is 20.3. The van der Waals surface area contributed by atoms with Gasteiger partial charge in [0.15, 0.2) is 0 Å². The van der Waals surface area contributed by atoms with E-state index in [0.717, 1.165) is 49.8 Å². The summed E-state index contributed by atoms with van der Waals surface area (Å²) in [6.07, 6.45) is 8.38. The Morgan fingerprint density at radius 2 is 2.04 bits per heavy atom. The van der Waals surface area contributed by atoms with Crippen LogP contribution >= 0.6 is 0 Å². The number of aromatic nitrogens is 2. The molecule has 0 spiro atoms. The number of amides is 1. The van der Waals surface area contributed by atoms with Crippen LogP contribution in [-0.4, -0.2) is 39.8 Å². The summed E-state index contributed by atoms with van der Waals surface area (Å²) in [5, 5.41) is 4.26. The van der Waals surface area contributed by atoms with E-state index in [1.807, 2.05) is 46.1 Å². The van der Waals surface area contributed by atoms with Gasteiger partial charge in [-0.2, -0.15) is 5.10 Å². The molecule has 2 aliphatic rings. The van der Waals surface area contributed by atoms with Gasteiger partial charge in [-0.05, 0) is 61.9 Å². The molecule has 0 radical (unpaired) electrons. The summed E-state index contributed by atoms with van der Waals surface area (Å²) in [7, 11) is 0. The van der Waals surface area contributed by atoms with Crippen molar-refractivity contribution < 1.29 is 9.53 Å². The zero-order valence-corrected chi connectivity index (χ0v) is 13.8. The van der Waals surface area contributed by atoms with Crippen LogP contribution in [0.5, 0.6) is 5.75 Å². The second-order valence-electron chi connectivity index (χ2n) is 6.80. The van der Waals surface area contributed by atoms with Gasteiger partial charge in [-0.3, -0.25) is 9.48 Å². The smallest absolute Gasteiger partial charge is 0.254 e. The molecule has 1 atom stereocenters. The third-order valence-electron chi connectivity index (χ3n) is 4.88. The standard InChI is InChI=1S/C19H23N3O2/c23-19(16-6-8-18(9-7-16)24-14-15-4-5-15)22-12-1-3-17(22)13-21-11-2-10-20-21/h2,6-11,15,17H,1,3-5,12-14H2/t17-/m0/s1. The van der Waals surface area contributed by atoms with Gasteiger partial charge in [0.1, 0.15) is 5.75 Å². The molecule has 24 heavy (non-hydrogen) atoms. The molecule has 1 amide bonds. The predicted molar refractivity (Wildman–Crippen MR) is 90.9 cm³/mol. The highest BCUT2D eigenvalue weighted by Crippen LogP contribution is 2.29. The number of nitrogens with zero attached hydrogens (tertiary/aromatic N) is 3. The summed E-state index contributed by atoms with van der Waals surface area (Å²) in [4.78, 5) is 14.8. The van der Waals surface area contributed by atoms with Crippen molar-refractivity contribution in [1.29, 1.82) is 0 Å². The molecule has 0 unspecified atom stereocenters. The van der Waals surface area contributed by atoms with E-state index in [0.29, 0.717) is 0 Å². The van der Waals surface area contributed by atoms with Crippen LogP contribution in [-0.2, 0) is 6.54 Å². The SMILES string of the molecule is O=C(c1ccc(OCC2CC2)cc1)N1CCC[C@H]1Cn1cccn1. The molecule has 2 aromatic rings. The topological polar surface area (TPSA) is 47.4 Å². The van der Waals surface area contributed by atoms with Gasteiger partial charge in [0.05, 0.1) is 19.2 Å². The molecule has 0 N–H and O–H groups in total. The lowest BCUT2D eigenvalue weighted by Gasteiger charge is -2.25. The molecule has 2 fully saturated rings. The van der Waals surface area contributed by atoms with Crippen LogP contribution in [0.1, 0.15) is 36.0 Å². The van der Waals surface area contributed by atoms with Crippen molar-refractivity contribution in [2.24, 2.45) is 5.92 Å². The quantitative estimate of drug-likeness (QED) is 0.820. The number of ether oxygens (including phenoxy) is 1. The number of benzene rings is 1. The van der Waals surface area contributed by atoms with Gasteiger partial charge >= 0.3 is 0 Å². The van der Waals surface area contributed by atoms with Crippen molar-refractivity contribution >= 4 is 5.91 Å². The third-order valence-corrected chi connectivity index (χ3v) is 4.88. The maximum absolute atomic E-state index is 12.8. The van der Waals surface area contributed by atoms with Gasteiger partial charge in [-0.15, -0.1) is 0 Å². The summed E-state index contributed by atoms with van der Waals surface area (Å²) < 4.78 is 7.65. The lowest BCUT2D eigenvalue weighted by atomic mass is 10.1. The first kappa shape index (κ1) is 15.2. The van der Waals surface area contributed by atoms with Gasteiger partial charge in [0.2, 0.25) is 0 Å². The van der Waals surface area contributed by atoms with Crippen molar-refractivity contribution in [2.45, 2.75) is 38.3 Å². The second-order valence-corrected chi connectivity index (χ2v) is 6.80. The molecule has 5 nitrogen and oxygen atoms in total. The van der Waals surface area contributed by atoms with E-state index in [-0.39, 0.29) is 11.9 Å². The summed E-state index contributed by atoms with van der Waals surface area (Å²) in [6.45, 7) is 2.39. The van der Waals surface area contributed by atoms with Gasteiger partial charge < -0.3 is 9.64 Å². The number of carbonyl (C=O) groups is 1. The second kappa shape index (κ2) is 6.67. The Kier molecular flexibility index (Phi) is 4.24. The predicted octanol–water partition coefficient (Wildman–Crippen LogP) is 2.98. The summed E-state index contributed by atoms with van der Waals surface area (Å²) in [5.41, 5.74) is 0.737. The first-order chi connectivity index (χ1) is 11.8. The molecule has 1 saturated heterocycles. The number of carbonyl (C=O) groups excluding carboxylic acids is 1. The zero-order chi connectivity index (χ0) is 16.4. The molecule has 1 aromatic heterocycles. The largest absolute Gasteiger partial charge is 0.493 e. The number of hydrogen-bond donors (Lipinski definition) is 0. The van der Waals surface area contributed by atoms with Crippen LogP contribution in [0.25, 0.3) is 0 Å². The lowest BCUT2D eigenvalue weighted by Crippen LogP contribution is -2.38. The minimum Gasteiger partial charge on any atom is -0.493 e. The van der Waals surface area contributed by atoms with E-state index >= 15 is 0 Å². The number of rotatable bonds is 6. The Balaban J connectivity index is 1.39. The van der Waals surface area contributed by atoms with Gasteiger partial charge in [0, 0.05) is 24.5 Å². The van der Waals surface area contributed by atoms with E-state index in [1.54, 1.807) is 6.20 Å². The van der Waals surface area contributed by atoms with Gasteiger partial charge in [0.25, 0.3) is 5.91 Å². The van der Waals surface area contributed by atoms with Crippen LogP contribution in [0.15, 0.2) is 42.7 Å². The fourth-order valence-corrected chi connectivity index (χ4v) is 3.28. The summed E-state index contributed by atoms with van der Waals surface area (Å²) in [5.74, 6) is 1.70. The van der Waals surface area contributed by atoms with E-state index < -0.39 is 0 Å². The molecule has 5 heteroatoms.